The number of hydrogen-bond donors (Lipinski definition) is 1. The zero-order chi connectivity index (χ0) is 13.9. The molecule has 0 amide bonds. The maximum atomic E-state index is 6.12. The average Bonchev–Trinajstić information content (AvgIpc) is 2.45. The molecule has 1 aromatic heterocycles. The van der Waals surface area contributed by atoms with Crippen LogP contribution in [0.5, 0.6) is 0 Å². The Morgan fingerprint density at radius 1 is 1.35 bits per heavy atom. The molecule has 1 unspecified atom stereocenters. The number of benzene rings is 1. The van der Waals surface area contributed by atoms with Gasteiger partial charge in [-0.05, 0) is 64.0 Å². The molecule has 3 rings (SSSR count). The van der Waals surface area contributed by atoms with Gasteiger partial charge in [0.1, 0.15) is 4.60 Å². The van der Waals surface area contributed by atoms with Gasteiger partial charge in [0.25, 0.3) is 0 Å². The van der Waals surface area contributed by atoms with Crippen LogP contribution < -0.4 is 5.32 Å². The van der Waals surface area contributed by atoms with E-state index >= 15 is 0 Å². The van der Waals surface area contributed by atoms with Gasteiger partial charge in [-0.25, -0.2) is 4.98 Å². The van der Waals surface area contributed by atoms with E-state index in [9.17, 15) is 0 Å². The lowest BCUT2D eigenvalue weighted by atomic mass is 10.0. The summed E-state index contributed by atoms with van der Waals surface area (Å²) in [5, 5.41) is 4.40. The minimum absolute atomic E-state index is 0.353. The molecule has 1 aliphatic rings. The van der Waals surface area contributed by atoms with E-state index in [2.05, 4.69) is 38.4 Å². The van der Waals surface area contributed by atoms with E-state index in [1.807, 2.05) is 36.0 Å². The lowest BCUT2D eigenvalue weighted by Crippen LogP contribution is -2.24. The summed E-state index contributed by atoms with van der Waals surface area (Å²) in [7, 11) is 0. The monoisotopic (exact) mass is 368 g/mol. The van der Waals surface area contributed by atoms with E-state index < -0.39 is 0 Å². The summed E-state index contributed by atoms with van der Waals surface area (Å²) in [5.41, 5.74) is 2.35. The summed E-state index contributed by atoms with van der Waals surface area (Å²) >= 11 is 11.4. The van der Waals surface area contributed by atoms with Crippen LogP contribution in [0.2, 0.25) is 5.02 Å². The maximum Gasteiger partial charge on any atom is 0.106 e. The molecular formula is C15H14BrClN2S. The van der Waals surface area contributed by atoms with Crippen molar-refractivity contribution in [2.45, 2.75) is 23.9 Å². The molecule has 20 heavy (non-hydrogen) atoms. The second-order valence-corrected chi connectivity index (χ2v) is 7.09. The van der Waals surface area contributed by atoms with Crippen LogP contribution in [0.15, 0.2) is 45.9 Å². The lowest BCUT2D eigenvalue weighted by molar-refractivity contribution is 0.505. The molecule has 104 valence electrons. The summed E-state index contributed by atoms with van der Waals surface area (Å²) < 4.78 is 0.874. The quantitative estimate of drug-likeness (QED) is 0.785. The first-order chi connectivity index (χ1) is 9.72. The van der Waals surface area contributed by atoms with Crippen LogP contribution in [-0.4, -0.2) is 10.7 Å². The van der Waals surface area contributed by atoms with Gasteiger partial charge in [-0.2, -0.15) is 0 Å². The number of pyridine rings is 1. The topological polar surface area (TPSA) is 24.9 Å². The summed E-state index contributed by atoms with van der Waals surface area (Å²) in [6, 6.07) is 12.5. The standard InChI is InChI=1S/C15H14BrClN2S/c16-15-3-1-2-11(19-15)9-18-13-6-7-20-14-5-4-10(17)8-12(13)14/h1-5,8,13,18H,6-7,9H2. The fourth-order valence-corrected chi connectivity index (χ4v) is 4.02. The van der Waals surface area contributed by atoms with Crippen molar-refractivity contribution in [1.82, 2.24) is 10.3 Å². The fourth-order valence-electron chi connectivity index (χ4n) is 2.35. The zero-order valence-electron chi connectivity index (χ0n) is 10.8. The van der Waals surface area contributed by atoms with Crippen LogP contribution in [0, 0.1) is 0 Å². The third-order valence-electron chi connectivity index (χ3n) is 3.31. The van der Waals surface area contributed by atoms with Gasteiger partial charge in [-0.3, -0.25) is 0 Å². The van der Waals surface area contributed by atoms with Crippen molar-refractivity contribution >= 4 is 39.3 Å². The van der Waals surface area contributed by atoms with Gasteiger partial charge >= 0.3 is 0 Å². The van der Waals surface area contributed by atoms with Crippen LogP contribution in [0.4, 0.5) is 0 Å². The Morgan fingerprint density at radius 3 is 3.10 bits per heavy atom. The van der Waals surface area contributed by atoms with Crippen LogP contribution in [0.1, 0.15) is 23.7 Å². The van der Waals surface area contributed by atoms with Crippen LogP contribution in [0.25, 0.3) is 0 Å². The molecule has 5 heteroatoms. The second-order valence-electron chi connectivity index (χ2n) is 4.70. The number of nitrogens with zero attached hydrogens (tertiary/aromatic N) is 1. The molecule has 2 heterocycles. The highest BCUT2D eigenvalue weighted by Crippen LogP contribution is 2.37. The largest absolute Gasteiger partial charge is 0.304 e. The summed E-state index contributed by atoms with van der Waals surface area (Å²) in [4.78, 5) is 5.79. The van der Waals surface area contributed by atoms with Gasteiger partial charge in [0.15, 0.2) is 0 Å². The molecule has 1 N–H and O–H groups in total. The highest BCUT2D eigenvalue weighted by molar-refractivity contribution is 9.10. The Hall–Kier alpha value is -0.550. The Labute approximate surface area is 136 Å². The number of rotatable bonds is 3. The SMILES string of the molecule is Clc1ccc2c(c1)C(NCc1cccc(Br)n1)CCS2. The number of thioether (sulfide) groups is 1. The van der Waals surface area contributed by atoms with Crippen molar-refractivity contribution in [2.75, 3.05) is 5.75 Å². The first kappa shape index (κ1) is 14.4. The highest BCUT2D eigenvalue weighted by atomic mass is 79.9. The molecule has 2 aromatic rings. The van der Waals surface area contributed by atoms with Crippen molar-refractivity contribution in [3.8, 4) is 0 Å². The van der Waals surface area contributed by atoms with Gasteiger partial charge in [-0.15, -0.1) is 11.8 Å². The van der Waals surface area contributed by atoms with E-state index in [4.69, 9.17) is 11.6 Å². The molecule has 0 spiro atoms. The van der Waals surface area contributed by atoms with Gasteiger partial charge in [0.05, 0.1) is 5.69 Å². The number of halogens is 2. The Balaban J connectivity index is 1.75. The Bertz CT molecular complexity index is 621. The number of hydrogen-bond acceptors (Lipinski definition) is 3. The molecule has 1 aromatic carbocycles. The molecule has 0 aliphatic carbocycles. The molecule has 0 fully saturated rings. The van der Waals surface area contributed by atoms with E-state index in [0.29, 0.717) is 6.04 Å². The van der Waals surface area contributed by atoms with Crippen molar-refractivity contribution in [3.05, 3.63) is 57.3 Å². The van der Waals surface area contributed by atoms with Crippen LogP contribution >= 0.6 is 39.3 Å². The Kier molecular flexibility index (Phi) is 4.66. The van der Waals surface area contributed by atoms with Crippen LogP contribution in [0.3, 0.4) is 0 Å². The Morgan fingerprint density at radius 2 is 2.25 bits per heavy atom. The minimum atomic E-state index is 0.353. The number of aromatic nitrogens is 1. The van der Waals surface area contributed by atoms with E-state index in [1.165, 1.54) is 10.5 Å². The van der Waals surface area contributed by atoms with Crippen molar-refractivity contribution < 1.29 is 0 Å². The van der Waals surface area contributed by atoms with E-state index in [-0.39, 0.29) is 0 Å². The van der Waals surface area contributed by atoms with E-state index in [0.717, 1.165) is 34.0 Å². The molecule has 0 saturated heterocycles. The van der Waals surface area contributed by atoms with Crippen molar-refractivity contribution in [2.24, 2.45) is 0 Å². The molecule has 0 radical (unpaired) electrons. The summed E-state index contributed by atoms with van der Waals surface area (Å²) in [6.07, 6.45) is 1.12. The molecular weight excluding hydrogens is 356 g/mol. The molecule has 1 aliphatic heterocycles. The smallest absolute Gasteiger partial charge is 0.106 e. The fraction of sp³-hybridized carbons (Fsp3) is 0.267. The third-order valence-corrected chi connectivity index (χ3v) is 5.11. The van der Waals surface area contributed by atoms with Gasteiger partial charge in [0.2, 0.25) is 0 Å². The molecule has 0 saturated carbocycles. The summed E-state index contributed by atoms with van der Waals surface area (Å²) in [5.74, 6) is 1.14. The average molecular weight is 370 g/mol. The predicted octanol–water partition coefficient (Wildman–Crippen LogP) is 4.82. The van der Waals surface area contributed by atoms with E-state index in [1.54, 1.807) is 0 Å². The van der Waals surface area contributed by atoms with Gasteiger partial charge in [0, 0.05) is 22.5 Å². The highest BCUT2D eigenvalue weighted by Gasteiger charge is 2.20. The first-order valence-corrected chi connectivity index (χ1v) is 8.65. The van der Waals surface area contributed by atoms with Crippen LogP contribution in [-0.2, 0) is 6.54 Å². The predicted molar refractivity (Wildman–Crippen MR) is 88.3 cm³/mol. The zero-order valence-corrected chi connectivity index (χ0v) is 13.9. The normalized spacial score (nSPS) is 17.8. The van der Waals surface area contributed by atoms with Crippen molar-refractivity contribution in [1.29, 1.82) is 0 Å². The summed E-state index contributed by atoms with van der Waals surface area (Å²) in [6.45, 7) is 0.765. The number of nitrogens with one attached hydrogen (secondary N) is 1. The molecule has 1 atom stereocenters. The number of fused-ring (bicyclic) bond motifs is 1. The maximum absolute atomic E-state index is 6.12. The lowest BCUT2D eigenvalue weighted by Gasteiger charge is -2.26. The van der Waals surface area contributed by atoms with Gasteiger partial charge in [-0.1, -0.05) is 17.7 Å². The third kappa shape index (κ3) is 3.37. The molecule has 0 bridgehead atoms. The minimum Gasteiger partial charge on any atom is -0.304 e. The van der Waals surface area contributed by atoms with Crippen molar-refractivity contribution in [3.63, 3.8) is 0 Å². The second kappa shape index (κ2) is 6.48. The molecule has 2 nitrogen and oxygen atoms in total. The first-order valence-electron chi connectivity index (χ1n) is 6.49. The van der Waals surface area contributed by atoms with Gasteiger partial charge < -0.3 is 5.32 Å².